The summed E-state index contributed by atoms with van der Waals surface area (Å²) in [7, 11) is -3.61. The zero-order valence-corrected chi connectivity index (χ0v) is 16.0. The molecule has 0 fully saturated rings. The maximum absolute atomic E-state index is 12.4. The van der Waals surface area contributed by atoms with Gasteiger partial charge >= 0.3 is 0 Å². The van der Waals surface area contributed by atoms with Gasteiger partial charge in [-0.05, 0) is 36.4 Å². The Bertz CT molecular complexity index is 1150. The summed E-state index contributed by atoms with van der Waals surface area (Å²) in [5.74, 6) is -0.327. The van der Waals surface area contributed by atoms with Crippen LogP contribution in [-0.2, 0) is 14.8 Å². The van der Waals surface area contributed by atoms with Crippen molar-refractivity contribution in [2.45, 2.75) is 6.42 Å². The van der Waals surface area contributed by atoms with Crippen LogP contribution in [0.1, 0.15) is 12.0 Å². The van der Waals surface area contributed by atoms with Crippen LogP contribution in [0.15, 0.2) is 60.8 Å². The van der Waals surface area contributed by atoms with Crippen molar-refractivity contribution < 1.29 is 13.2 Å². The molecule has 0 radical (unpaired) electrons. The number of fused-ring (bicyclic) bond motifs is 1. The lowest BCUT2D eigenvalue weighted by Gasteiger charge is -2.23. The quantitative estimate of drug-likeness (QED) is 0.692. The van der Waals surface area contributed by atoms with Crippen molar-refractivity contribution >= 4 is 38.2 Å². The molecule has 28 heavy (non-hydrogen) atoms. The van der Waals surface area contributed by atoms with Crippen LogP contribution >= 0.6 is 0 Å². The summed E-state index contributed by atoms with van der Waals surface area (Å²) in [4.78, 5) is 16.6. The van der Waals surface area contributed by atoms with Gasteiger partial charge in [-0.25, -0.2) is 8.42 Å². The number of carbonyl (C=O) groups excluding carboxylic acids is 1. The number of amides is 1. The highest BCUT2D eigenvalue weighted by atomic mass is 32.2. The number of anilines is 2. The lowest BCUT2D eigenvalue weighted by molar-refractivity contribution is -0.116. The van der Waals surface area contributed by atoms with E-state index >= 15 is 0 Å². The van der Waals surface area contributed by atoms with Crippen LogP contribution in [0.5, 0.6) is 0 Å². The van der Waals surface area contributed by atoms with Gasteiger partial charge in [0.05, 0.1) is 29.1 Å². The smallest absolute Gasteiger partial charge is 0.232 e. The normalized spacial score (nSPS) is 11.0. The Morgan fingerprint density at radius 1 is 1.14 bits per heavy atom. The third kappa shape index (κ3) is 4.45. The highest BCUT2D eigenvalue weighted by Crippen LogP contribution is 2.26. The summed E-state index contributed by atoms with van der Waals surface area (Å²) in [6.07, 6.45) is 2.67. The summed E-state index contributed by atoms with van der Waals surface area (Å²) < 4.78 is 25.9. The van der Waals surface area contributed by atoms with E-state index in [1.165, 1.54) is 4.31 Å². The minimum Gasteiger partial charge on any atom is -0.326 e. The van der Waals surface area contributed by atoms with Crippen LogP contribution in [-0.4, -0.2) is 32.1 Å². The second-order valence-electron chi connectivity index (χ2n) is 6.17. The van der Waals surface area contributed by atoms with E-state index in [2.05, 4.69) is 10.3 Å². The number of aromatic nitrogens is 1. The van der Waals surface area contributed by atoms with Gasteiger partial charge in [-0.1, -0.05) is 18.2 Å². The van der Waals surface area contributed by atoms with Crippen molar-refractivity contribution in [2.75, 3.05) is 22.4 Å². The van der Waals surface area contributed by atoms with Gasteiger partial charge in [0.15, 0.2) is 0 Å². The van der Waals surface area contributed by atoms with Crippen molar-refractivity contribution in [3.8, 4) is 6.07 Å². The lowest BCUT2D eigenvalue weighted by Crippen LogP contribution is -2.33. The molecule has 0 bridgehead atoms. The van der Waals surface area contributed by atoms with Crippen molar-refractivity contribution in [3.63, 3.8) is 0 Å². The average Bonchev–Trinajstić information content (AvgIpc) is 2.68. The fourth-order valence-corrected chi connectivity index (χ4v) is 3.74. The molecule has 3 aromatic rings. The zero-order chi connectivity index (χ0) is 20.1. The Morgan fingerprint density at radius 3 is 2.54 bits per heavy atom. The number of hydrogen-bond acceptors (Lipinski definition) is 5. The predicted molar refractivity (Wildman–Crippen MR) is 108 cm³/mol. The Labute approximate surface area is 163 Å². The van der Waals surface area contributed by atoms with Gasteiger partial charge in [0.1, 0.15) is 0 Å². The fraction of sp³-hybridized carbons (Fsp3) is 0.150. The number of rotatable bonds is 6. The molecule has 2 aromatic carbocycles. The first-order valence-electron chi connectivity index (χ1n) is 8.50. The maximum atomic E-state index is 12.4. The molecule has 0 spiro atoms. The van der Waals surface area contributed by atoms with Gasteiger partial charge in [0.2, 0.25) is 15.9 Å². The van der Waals surface area contributed by atoms with Gasteiger partial charge in [0.25, 0.3) is 0 Å². The molecule has 8 heteroatoms. The maximum Gasteiger partial charge on any atom is 0.232 e. The summed E-state index contributed by atoms with van der Waals surface area (Å²) in [6, 6.07) is 17.4. The lowest BCUT2D eigenvalue weighted by atomic mass is 10.2. The van der Waals surface area contributed by atoms with E-state index in [1.807, 2.05) is 18.2 Å². The van der Waals surface area contributed by atoms with Crippen molar-refractivity contribution in [1.82, 2.24) is 4.98 Å². The van der Waals surface area contributed by atoms with E-state index in [4.69, 9.17) is 5.26 Å². The van der Waals surface area contributed by atoms with Gasteiger partial charge in [-0.3, -0.25) is 14.1 Å². The van der Waals surface area contributed by atoms with Crippen LogP contribution in [0.2, 0.25) is 0 Å². The van der Waals surface area contributed by atoms with Gasteiger partial charge < -0.3 is 5.32 Å². The number of para-hydroxylation sites is 1. The van der Waals surface area contributed by atoms with Crippen LogP contribution < -0.4 is 9.62 Å². The molecule has 0 aliphatic carbocycles. The van der Waals surface area contributed by atoms with Gasteiger partial charge in [-0.2, -0.15) is 5.26 Å². The molecular formula is C20H18N4O3S. The first-order chi connectivity index (χ1) is 13.4. The third-order valence-electron chi connectivity index (χ3n) is 4.12. The van der Waals surface area contributed by atoms with Crippen LogP contribution in [0.4, 0.5) is 11.4 Å². The number of carbonyl (C=O) groups is 1. The van der Waals surface area contributed by atoms with Crippen molar-refractivity contribution in [2.24, 2.45) is 0 Å². The average molecular weight is 394 g/mol. The second-order valence-corrected chi connectivity index (χ2v) is 8.08. The Hall–Kier alpha value is -3.44. The first kappa shape index (κ1) is 19.3. The van der Waals surface area contributed by atoms with Crippen molar-refractivity contribution in [3.05, 3.63) is 66.4 Å². The number of benzene rings is 2. The molecule has 0 saturated heterocycles. The topological polar surface area (TPSA) is 103 Å². The molecule has 142 valence electrons. The molecule has 3 rings (SSSR count). The summed E-state index contributed by atoms with van der Waals surface area (Å²) in [6.45, 7) is -0.0172. The van der Waals surface area contributed by atoms with Crippen LogP contribution in [0.25, 0.3) is 10.9 Å². The van der Waals surface area contributed by atoms with E-state index in [-0.39, 0.29) is 18.9 Å². The molecule has 0 atom stereocenters. The molecule has 0 saturated carbocycles. The highest BCUT2D eigenvalue weighted by Gasteiger charge is 2.21. The van der Waals surface area contributed by atoms with E-state index in [1.54, 1.807) is 48.7 Å². The third-order valence-corrected chi connectivity index (χ3v) is 5.30. The Kier molecular flexibility index (Phi) is 5.57. The largest absolute Gasteiger partial charge is 0.326 e. The fourth-order valence-electron chi connectivity index (χ4n) is 2.81. The first-order valence-corrected chi connectivity index (χ1v) is 10.3. The zero-order valence-electron chi connectivity index (χ0n) is 15.2. The van der Waals surface area contributed by atoms with Crippen LogP contribution in [0, 0.1) is 11.3 Å². The van der Waals surface area contributed by atoms with Gasteiger partial charge in [0, 0.05) is 30.2 Å². The summed E-state index contributed by atoms with van der Waals surface area (Å²) in [5, 5.41) is 12.3. The van der Waals surface area contributed by atoms with E-state index in [0.29, 0.717) is 22.5 Å². The minimum atomic E-state index is -3.61. The second kappa shape index (κ2) is 8.06. The van der Waals surface area contributed by atoms with E-state index in [0.717, 1.165) is 11.6 Å². The molecule has 1 amide bonds. The standard InChI is InChI=1S/C20H18N4O3S/c1-28(26,27)24(18-6-2-4-16-5-3-12-22-20(16)18)13-11-19(25)23-17-9-7-15(14-21)8-10-17/h2-10,12H,11,13H2,1H3,(H,23,25). The summed E-state index contributed by atoms with van der Waals surface area (Å²) in [5.41, 5.74) is 2.03. The molecule has 1 heterocycles. The van der Waals surface area contributed by atoms with Crippen LogP contribution in [0.3, 0.4) is 0 Å². The van der Waals surface area contributed by atoms with E-state index < -0.39 is 10.0 Å². The number of hydrogen-bond donors (Lipinski definition) is 1. The predicted octanol–water partition coefficient (Wildman–Crippen LogP) is 2.90. The molecule has 1 aromatic heterocycles. The van der Waals surface area contributed by atoms with E-state index in [9.17, 15) is 13.2 Å². The molecule has 0 unspecified atom stereocenters. The Morgan fingerprint density at radius 2 is 1.86 bits per heavy atom. The number of sulfonamides is 1. The molecular weight excluding hydrogens is 376 g/mol. The summed E-state index contributed by atoms with van der Waals surface area (Å²) >= 11 is 0. The highest BCUT2D eigenvalue weighted by molar-refractivity contribution is 7.92. The number of pyridine rings is 1. The number of nitrogens with one attached hydrogen (secondary N) is 1. The SMILES string of the molecule is CS(=O)(=O)N(CCC(=O)Nc1ccc(C#N)cc1)c1cccc2cccnc12. The molecule has 0 aliphatic heterocycles. The minimum absolute atomic E-state index is 0.0172. The number of nitriles is 1. The Balaban J connectivity index is 1.78. The number of nitrogens with zero attached hydrogens (tertiary/aromatic N) is 3. The van der Waals surface area contributed by atoms with Crippen molar-refractivity contribution in [1.29, 1.82) is 5.26 Å². The molecule has 7 nitrogen and oxygen atoms in total. The molecule has 1 N–H and O–H groups in total. The monoisotopic (exact) mass is 394 g/mol. The molecule has 0 aliphatic rings. The van der Waals surface area contributed by atoms with Gasteiger partial charge in [-0.15, -0.1) is 0 Å².